The van der Waals surface area contributed by atoms with E-state index in [1.807, 2.05) is 19.1 Å². The van der Waals surface area contributed by atoms with E-state index < -0.39 is 0 Å². The minimum Gasteiger partial charge on any atom is -0.457 e. The Labute approximate surface area is 123 Å². The second-order valence-corrected chi connectivity index (χ2v) is 5.26. The summed E-state index contributed by atoms with van der Waals surface area (Å²) in [5.41, 5.74) is 7.55. The molecular formula is C16H17N3O2. The number of aryl methyl sites for hydroxylation is 1. The molecular weight excluding hydrogens is 266 g/mol. The van der Waals surface area contributed by atoms with Gasteiger partial charge < -0.3 is 15.8 Å². The van der Waals surface area contributed by atoms with Gasteiger partial charge in [0.25, 0.3) is 0 Å². The van der Waals surface area contributed by atoms with E-state index >= 15 is 0 Å². The molecule has 108 valence electrons. The summed E-state index contributed by atoms with van der Waals surface area (Å²) in [5, 5.41) is 2.80. The molecule has 1 aromatic heterocycles. The summed E-state index contributed by atoms with van der Waals surface area (Å²) in [4.78, 5) is 15.8. The lowest BCUT2D eigenvalue weighted by molar-refractivity contribution is -0.117. The third kappa shape index (κ3) is 3.31. The van der Waals surface area contributed by atoms with E-state index in [1.54, 1.807) is 24.4 Å². The van der Waals surface area contributed by atoms with Gasteiger partial charge >= 0.3 is 0 Å². The second kappa shape index (κ2) is 5.44. The molecule has 3 N–H and O–H groups in total. The van der Waals surface area contributed by atoms with E-state index in [2.05, 4.69) is 10.3 Å². The lowest BCUT2D eigenvalue weighted by Gasteiger charge is -2.09. The molecule has 0 saturated heterocycles. The highest BCUT2D eigenvalue weighted by atomic mass is 16.5. The molecule has 1 amide bonds. The lowest BCUT2D eigenvalue weighted by Crippen LogP contribution is -2.14. The van der Waals surface area contributed by atoms with Crippen LogP contribution in [-0.4, -0.2) is 10.9 Å². The fraction of sp³-hybridized carbons (Fsp3) is 0.250. The summed E-state index contributed by atoms with van der Waals surface area (Å²) in [6, 6.07) is 8.98. The van der Waals surface area contributed by atoms with Gasteiger partial charge in [-0.3, -0.25) is 4.79 Å². The van der Waals surface area contributed by atoms with E-state index in [0.717, 1.165) is 18.4 Å². The minimum absolute atomic E-state index is 0.0271. The monoisotopic (exact) mass is 283 g/mol. The van der Waals surface area contributed by atoms with Gasteiger partial charge in [0.1, 0.15) is 17.3 Å². The van der Waals surface area contributed by atoms with Crippen LogP contribution in [0.15, 0.2) is 36.5 Å². The normalized spacial score (nSPS) is 13.8. The molecule has 0 unspecified atom stereocenters. The molecule has 1 heterocycles. The number of ether oxygens (including phenoxy) is 1. The van der Waals surface area contributed by atoms with Gasteiger partial charge in [0.2, 0.25) is 5.91 Å². The molecule has 5 heteroatoms. The largest absolute Gasteiger partial charge is 0.457 e. The van der Waals surface area contributed by atoms with Crippen LogP contribution in [-0.2, 0) is 4.79 Å². The number of nitrogens with one attached hydrogen (secondary N) is 1. The van der Waals surface area contributed by atoms with Crippen molar-refractivity contribution in [2.24, 2.45) is 5.92 Å². The van der Waals surface area contributed by atoms with Crippen molar-refractivity contribution in [3.8, 4) is 11.5 Å². The van der Waals surface area contributed by atoms with Gasteiger partial charge in [-0.25, -0.2) is 4.98 Å². The van der Waals surface area contributed by atoms with Crippen molar-refractivity contribution < 1.29 is 9.53 Å². The number of carbonyl (C=O) groups is 1. The fourth-order valence-corrected chi connectivity index (χ4v) is 1.93. The number of aromatic nitrogens is 1. The maximum Gasteiger partial charge on any atom is 0.228 e. The first-order chi connectivity index (χ1) is 10.1. The quantitative estimate of drug-likeness (QED) is 0.845. The second-order valence-electron chi connectivity index (χ2n) is 5.26. The maximum atomic E-state index is 11.7. The van der Waals surface area contributed by atoms with Gasteiger partial charge in [0.15, 0.2) is 0 Å². The fourth-order valence-electron chi connectivity index (χ4n) is 1.93. The number of rotatable bonds is 4. The summed E-state index contributed by atoms with van der Waals surface area (Å²) in [5.74, 6) is 1.94. The molecule has 2 aromatic rings. The van der Waals surface area contributed by atoms with Gasteiger partial charge in [-0.2, -0.15) is 0 Å². The van der Waals surface area contributed by atoms with Crippen LogP contribution in [0.25, 0.3) is 0 Å². The molecule has 0 bridgehead atoms. The Morgan fingerprint density at radius 3 is 2.76 bits per heavy atom. The van der Waals surface area contributed by atoms with Gasteiger partial charge in [-0.05, 0) is 37.5 Å². The van der Waals surface area contributed by atoms with Crippen LogP contribution < -0.4 is 15.8 Å². The van der Waals surface area contributed by atoms with Crippen LogP contribution >= 0.6 is 0 Å². The average Bonchev–Trinajstić information content (AvgIpc) is 3.28. The first-order valence-corrected chi connectivity index (χ1v) is 6.93. The number of nitrogens with zero attached hydrogens (tertiary/aromatic N) is 1. The zero-order chi connectivity index (χ0) is 14.8. The third-order valence-electron chi connectivity index (χ3n) is 3.42. The highest BCUT2D eigenvalue weighted by molar-refractivity contribution is 5.93. The molecule has 21 heavy (non-hydrogen) atoms. The Morgan fingerprint density at radius 2 is 2.05 bits per heavy atom. The Kier molecular flexibility index (Phi) is 3.48. The molecule has 0 spiro atoms. The van der Waals surface area contributed by atoms with Crippen LogP contribution in [0.1, 0.15) is 18.4 Å². The third-order valence-corrected chi connectivity index (χ3v) is 3.42. The molecule has 5 nitrogen and oxygen atoms in total. The molecule has 0 aliphatic heterocycles. The Hall–Kier alpha value is -2.56. The van der Waals surface area contributed by atoms with Crippen molar-refractivity contribution in [3.05, 3.63) is 42.1 Å². The van der Waals surface area contributed by atoms with Crippen molar-refractivity contribution in [2.45, 2.75) is 19.8 Å². The number of hydrogen-bond donors (Lipinski definition) is 2. The number of carbonyl (C=O) groups excluding carboxylic acids is 1. The molecule has 1 fully saturated rings. The molecule has 1 saturated carbocycles. The van der Waals surface area contributed by atoms with Crippen LogP contribution in [0.2, 0.25) is 0 Å². The van der Waals surface area contributed by atoms with Crippen molar-refractivity contribution in [1.29, 1.82) is 0 Å². The van der Waals surface area contributed by atoms with Gasteiger partial charge in [-0.15, -0.1) is 0 Å². The average molecular weight is 283 g/mol. The zero-order valence-electron chi connectivity index (χ0n) is 11.8. The van der Waals surface area contributed by atoms with Crippen molar-refractivity contribution in [2.75, 3.05) is 11.1 Å². The topological polar surface area (TPSA) is 77.2 Å². The standard InChI is InChI=1S/C16H17N3O2/c1-10-2-5-12(8-14(10)17)21-13-6-7-18-15(9-13)19-16(20)11-3-4-11/h2,5-9,11H,3-4,17H2,1H3,(H,18,19,20). The summed E-state index contributed by atoms with van der Waals surface area (Å²) in [6.07, 6.45) is 3.53. The Bertz CT molecular complexity index is 681. The van der Waals surface area contributed by atoms with Gasteiger partial charge in [0, 0.05) is 29.9 Å². The van der Waals surface area contributed by atoms with Crippen LogP contribution in [0.4, 0.5) is 11.5 Å². The van der Waals surface area contributed by atoms with Gasteiger partial charge in [0.05, 0.1) is 0 Å². The summed E-state index contributed by atoms with van der Waals surface area (Å²) in [7, 11) is 0. The predicted octanol–water partition coefficient (Wildman–Crippen LogP) is 3.11. The van der Waals surface area contributed by atoms with Crippen LogP contribution in [0, 0.1) is 12.8 Å². The molecule has 0 atom stereocenters. The molecule has 1 aliphatic rings. The number of benzene rings is 1. The van der Waals surface area contributed by atoms with E-state index in [4.69, 9.17) is 10.5 Å². The van der Waals surface area contributed by atoms with E-state index in [1.165, 1.54) is 0 Å². The first kappa shape index (κ1) is 13.4. The van der Waals surface area contributed by atoms with Crippen molar-refractivity contribution in [3.63, 3.8) is 0 Å². The van der Waals surface area contributed by atoms with Crippen LogP contribution in [0.3, 0.4) is 0 Å². The number of amides is 1. The minimum atomic E-state index is 0.0271. The Morgan fingerprint density at radius 1 is 1.29 bits per heavy atom. The molecule has 3 rings (SSSR count). The SMILES string of the molecule is Cc1ccc(Oc2ccnc(NC(=O)C3CC3)c2)cc1N. The van der Waals surface area contributed by atoms with Crippen molar-refractivity contribution >= 4 is 17.4 Å². The van der Waals surface area contributed by atoms with E-state index in [0.29, 0.717) is 23.0 Å². The highest BCUT2D eigenvalue weighted by Crippen LogP contribution is 2.31. The molecule has 1 aliphatic carbocycles. The smallest absolute Gasteiger partial charge is 0.228 e. The van der Waals surface area contributed by atoms with E-state index in [9.17, 15) is 4.79 Å². The lowest BCUT2D eigenvalue weighted by atomic mass is 10.2. The summed E-state index contributed by atoms with van der Waals surface area (Å²) < 4.78 is 5.74. The molecule has 1 aromatic carbocycles. The molecule has 0 radical (unpaired) electrons. The van der Waals surface area contributed by atoms with Crippen molar-refractivity contribution in [1.82, 2.24) is 4.98 Å². The number of hydrogen-bond acceptors (Lipinski definition) is 4. The highest BCUT2D eigenvalue weighted by Gasteiger charge is 2.29. The summed E-state index contributed by atoms with van der Waals surface area (Å²) >= 11 is 0. The number of anilines is 2. The number of nitrogens with two attached hydrogens (primary N) is 1. The predicted molar refractivity (Wildman–Crippen MR) is 81.3 cm³/mol. The number of nitrogen functional groups attached to an aromatic ring is 1. The maximum absolute atomic E-state index is 11.7. The zero-order valence-corrected chi connectivity index (χ0v) is 11.8. The summed E-state index contributed by atoms with van der Waals surface area (Å²) in [6.45, 7) is 1.94. The van der Waals surface area contributed by atoms with E-state index in [-0.39, 0.29) is 11.8 Å². The number of pyridine rings is 1. The first-order valence-electron chi connectivity index (χ1n) is 6.93. The van der Waals surface area contributed by atoms with Gasteiger partial charge in [-0.1, -0.05) is 6.07 Å². The Balaban J connectivity index is 1.72. The van der Waals surface area contributed by atoms with Crippen LogP contribution in [0.5, 0.6) is 11.5 Å².